The van der Waals surface area contributed by atoms with Crippen molar-refractivity contribution in [2.45, 2.75) is 5.92 Å². The van der Waals surface area contributed by atoms with Crippen molar-refractivity contribution >= 4 is 11.6 Å². The topological polar surface area (TPSA) is 121 Å². The third-order valence-corrected chi connectivity index (χ3v) is 4.05. The van der Waals surface area contributed by atoms with E-state index < -0.39 is 17.3 Å². The standard InChI is InChI=1S/C15H8ClN5/c16-12-4-2-1-3-10(12)13-11(7-19)15(13,8-20)14(21)9(5-17)6-18/h1-4,11,13H,21H2/t11-,13-,15-/m1/s1. The molecule has 1 aliphatic carbocycles. The fourth-order valence-corrected chi connectivity index (χ4v) is 2.86. The van der Waals surface area contributed by atoms with Crippen molar-refractivity contribution in [3.8, 4) is 24.3 Å². The van der Waals surface area contributed by atoms with Gasteiger partial charge >= 0.3 is 0 Å². The van der Waals surface area contributed by atoms with Crippen molar-refractivity contribution in [2.24, 2.45) is 17.1 Å². The van der Waals surface area contributed by atoms with Gasteiger partial charge < -0.3 is 5.73 Å². The zero-order valence-corrected chi connectivity index (χ0v) is 11.5. The fraction of sp³-hybridized carbons (Fsp3) is 0.200. The van der Waals surface area contributed by atoms with E-state index in [1.165, 1.54) is 0 Å². The summed E-state index contributed by atoms with van der Waals surface area (Å²) in [7, 11) is 0. The summed E-state index contributed by atoms with van der Waals surface area (Å²) in [5.41, 5.74) is 4.59. The summed E-state index contributed by atoms with van der Waals surface area (Å²) in [5.74, 6) is -1.28. The molecule has 2 N–H and O–H groups in total. The van der Waals surface area contributed by atoms with Crippen LogP contribution in [-0.4, -0.2) is 0 Å². The third kappa shape index (κ3) is 1.89. The lowest BCUT2D eigenvalue weighted by Gasteiger charge is -2.10. The van der Waals surface area contributed by atoms with Gasteiger partial charge in [0.25, 0.3) is 0 Å². The van der Waals surface area contributed by atoms with Crippen molar-refractivity contribution in [1.29, 1.82) is 21.0 Å². The normalized spacial score (nSPS) is 25.6. The van der Waals surface area contributed by atoms with Crippen LogP contribution in [0.1, 0.15) is 11.5 Å². The van der Waals surface area contributed by atoms with Crippen LogP contribution < -0.4 is 5.73 Å². The number of nitrogens with zero attached hydrogens (tertiary/aromatic N) is 4. The summed E-state index contributed by atoms with van der Waals surface area (Å²) in [4.78, 5) is 0. The minimum absolute atomic E-state index is 0.161. The number of benzene rings is 1. The van der Waals surface area contributed by atoms with Crippen LogP contribution in [-0.2, 0) is 0 Å². The maximum Gasteiger partial charge on any atom is 0.150 e. The largest absolute Gasteiger partial charge is 0.399 e. The molecule has 0 amide bonds. The highest BCUT2D eigenvalue weighted by Crippen LogP contribution is 2.68. The van der Waals surface area contributed by atoms with E-state index in [1.54, 1.807) is 36.4 Å². The Morgan fingerprint density at radius 3 is 2.24 bits per heavy atom. The zero-order chi connectivity index (χ0) is 15.6. The van der Waals surface area contributed by atoms with Crippen molar-refractivity contribution < 1.29 is 0 Å². The smallest absolute Gasteiger partial charge is 0.150 e. The summed E-state index contributed by atoms with van der Waals surface area (Å²) in [6, 6.07) is 14.2. The molecule has 1 aliphatic rings. The maximum absolute atomic E-state index is 9.51. The van der Waals surface area contributed by atoms with Gasteiger partial charge in [0.2, 0.25) is 0 Å². The van der Waals surface area contributed by atoms with Gasteiger partial charge in [-0.2, -0.15) is 21.0 Å². The van der Waals surface area contributed by atoms with E-state index in [0.29, 0.717) is 10.6 Å². The van der Waals surface area contributed by atoms with Crippen molar-refractivity contribution in [3.05, 3.63) is 46.1 Å². The second kappa shape index (κ2) is 5.18. The van der Waals surface area contributed by atoms with Crippen LogP contribution >= 0.6 is 11.6 Å². The number of halogens is 1. The first kappa shape index (κ1) is 14.4. The van der Waals surface area contributed by atoms with Gasteiger partial charge in [-0.15, -0.1) is 0 Å². The first-order valence-electron chi connectivity index (χ1n) is 5.94. The van der Waals surface area contributed by atoms with Gasteiger partial charge in [-0.1, -0.05) is 29.8 Å². The average Bonchev–Trinajstić information content (AvgIpc) is 3.17. The number of nitriles is 4. The molecule has 21 heavy (non-hydrogen) atoms. The van der Waals surface area contributed by atoms with Crippen LogP contribution in [0.25, 0.3) is 0 Å². The lowest BCUT2D eigenvalue weighted by atomic mass is 9.94. The Morgan fingerprint density at radius 2 is 1.76 bits per heavy atom. The van der Waals surface area contributed by atoms with Gasteiger partial charge in [0.1, 0.15) is 23.1 Å². The summed E-state index contributed by atoms with van der Waals surface area (Å²) >= 11 is 6.11. The minimum Gasteiger partial charge on any atom is -0.399 e. The van der Waals surface area contributed by atoms with Gasteiger partial charge in [-0.05, 0) is 11.6 Å². The molecule has 6 heteroatoms. The van der Waals surface area contributed by atoms with Crippen LogP contribution in [0.15, 0.2) is 35.5 Å². The summed E-state index contributed by atoms with van der Waals surface area (Å²) in [5, 5.41) is 37.1. The SMILES string of the molecule is N#CC(C#N)=C(N)[C@]1(C#N)[C@H](C#N)[C@H]1c1ccccc1Cl. The molecule has 1 saturated carbocycles. The molecule has 0 unspecified atom stereocenters. The molecule has 0 saturated heterocycles. The summed E-state index contributed by atoms with van der Waals surface area (Å²) in [6.45, 7) is 0. The molecule has 0 spiro atoms. The van der Waals surface area contributed by atoms with Gasteiger partial charge in [-0.3, -0.25) is 0 Å². The van der Waals surface area contributed by atoms with Gasteiger partial charge in [0.05, 0.1) is 23.8 Å². The number of hydrogen-bond acceptors (Lipinski definition) is 5. The molecule has 0 heterocycles. The molecule has 0 aromatic heterocycles. The Kier molecular flexibility index (Phi) is 3.56. The molecule has 1 fully saturated rings. The van der Waals surface area contributed by atoms with Gasteiger partial charge in [0.15, 0.2) is 0 Å². The van der Waals surface area contributed by atoms with Crippen LogP contribution in [0.4, 0.5) is 0 Å². The van der Waals surface area contributed by atoms with E-state index >= 15 is 0 Å². The Balaban J connectivity index is 2.63. The monoisotopic (exact) mass is 293 g/mol. The predicted molar refractivity (Wildman–Crippen MR) is 73.8 cm³/mol. The Labute approximate surface area is 126 Å². The molecular weight excluding hydrogens is 286 g/mol. The quantitative estimate of drug-likeness (QED) is 0.839. The second-order valence-electron chi connectivity index (χ2n) is 4.60. The van der Waals surface area contributed by atoms with E-state index in [0.717, 1.165) is 0 Å². The summed E-state index contributed by atoms with van der Waals surface area (Å²) in [6.07, 6.45) is 0. The minimum atomic E-state index is -1.37. The first-order valence-corrected chi connectivity index (χ1v) is 6.32. The van der Waals surface area contributed by atoms with Crippen molar-refractivity contribution in [2.75, 3.05) is 0 Å². The van der Waals surface area contributed by atoms with Gasteiger partial charge in [-0.25, -0.2) is 0 Å². The van der Waals surface area contributed by atoms with Crippen LogP contribution in [0.5, 0.6) is 0 Å². The Bertz CT molecular complexity index is 783. The second-order valence-corrected chi connectivity index (χ2v) is 5.01. The van der Waals surface area contributed by atoms with Crippen LogP contribution in [0.3, 0.4) is 0 Å². The molecule has 100 valence electrons. The lowest BCUT2D eigenvalue weighted by molar-refractivity contribution is 0.719. The van der Waals surface area contributed by atoms with Crippen LogP contribution in [0.2, 0.25) is 5.02 Å². The molecule has 5 nitrogen and oxygen atoms in total. The number of hydrogen-bond donors (Lipinski definition) is 1. The highest BCUT2D eigenvalue weighted by Gasteiger charge is 2.70. The molecular formula is C15H8ClN5. The molecule has 1 aromatic rings. The highest BCUT2D eigenvalue weighted by atomic mass is 35.5. The van der Waals surface area contributed by atoms with Crippen molar-refractivity contribution in [3.63, 3.8) is 0 Å². The van der Waals surface area contributed by atoms with E-state index in [1.807, 2.05) is 12.1 Å². The Hall–Kier alpha value is -2.99. The number of rotatable bonds is 2. The van der Waals surface area contributed by atoms with Crippen molar-refractivity contribution in [1.82, 2.24) is 0 Å². The van der Waals surface area contributed by atoms with E-state index in [-0.39, 0.29) is 11.3 Å². The maximum atomic E-state index is 9.51. The van der Waals surface area contributed by atoms with E-state index in [2.05, 4.69) is 0 Å². The average molecular weight is 294 g/mol. The lowest BCUT2D eigenvalue weighted by Crippen LogP contribution is -2.17. The fourth-order valence-electron chi connectivity index (χ4n) is 2.60. The number of nitrogens with two attached hydrogens (primary N) is 1. The van der Waals surface area contributed by atoms with Gasteiger partial charge in [0, 0.05) is 10.9 Å². The van der Waals surface area contributed by atoms with E-state index in [4.69, 9.17) is 27.9 Å². The molecule has 2 rings (SSSR count). The number of allylic oxidation sites excluding steroid dienone is 2. The predicted octanol–water partition coefficient (Wildman–Crippen LogP) is 2.35. The third-order valence-electron chi connectivity index (χ3n) is 3.71. The highest BCUT2D eigenvalue weighted by molar-refractivity contribution is 6.31. The molecule has 0 radical (unpaired) electrons. The summed E-state index contributed by atoms with van der Waals surface area (Å²) < 4.78 is 0. The molecule has 0 aliphatic heterocycles. The molecule has 0 bridgehead atoms. The molecule has 1 aromatic carbocycles. The zero-order valence-electron chi connectivity index (χ0n) is 10.7. The van der Waals surface area contributed by atoms with E-state index in [9.17, 15) is 10.5 Å². The first-order chi connectivity index (χ1) is 10.1. The Morgan fingerprint density at radius 1 is 1.14 bits per heavy atom. The molecule has 3 atom stereocenters. The van der Waals surface area contributed by atoms with Crippen LogP contribution in [0, 0.1) is 56.7 Å².